The largest absolute Gasteiger partial charge is 0.503 e. The van der Waals surface area contributed by atoms with Crippen molar-refractivity contribution in [3.05, 3.63) is 62.0 Å². The van der Waals surface area contributed by atoms with Crippen LogP contribution in [-0.4, -0.2) is 26.5 Å². The summed E-state index contributed by atoms with van der Waals surface area (Å²) >= 11 is 13.7. The van der Waals surface area contributed by atoms with Crippen LogP contribution >= 0.6 is 35.0 Å². The molecular weight excluding hydrogens is 361 g/mol. The van der Waals surface area contributed by atoms with Crippen LogP contribution in [0.3, 0.4) is 0 Å². The number of hydrogen-bond donors (Lipinski definition) is 2. The summed E-state index contributed by atoms with van der Waals surface area (Å²) in [6.45, 7) is 0.431. The van der Waals surface area contributed by atoms with E-state index in [0.717, 1.165) is 5.56 Å². The summed E-state index contributed by atoms with van der Waals surface area (Å²) in [6.07, 6.45) is 2.44. The van der Waals surface area contributed by atoms with Crippen LogP contribution in [0.5, 0.6) is 5.75 Å². The minimum Gasteiger partial charge on any atom is -0.503 e. The number of aromatic nitrogens is 1. The fraction of sp³-hybridized carbons (Fsp3) is 0.200. The third-order valence-electron chi connectivity index (χ3n) is 3.09. The highest BCUT2D eigenvalue weighted by Crippen LogP contribution is 2.28. The molecule has 1 aromatic carbocycles. The minimum absolute atomic E-state index is 0.431. The Labute approximate surface area is 146 Å². The van der Waals surface area contributed by atoms with Gasteiger partial charge in [-0.1, -0.05) is 29.3 Å². The smallest absolute Gasteiger partial charge is 0.341 e. The standard InChI is InChI=1S/C15H13Cl2NO4S/c16-11-2-1-3-12(17)10(11)8-23-5-4-18-6-9(15(21)22)14(20)13(19)7-18/h1-3,6-7,19H,4-5,8H2,(H,21,22). The monoisotopic (exact) mass is 373 g/mol. The third kappa shape index (κ3) is 4.43. The first kappa shape index (κ1) is 17.7. The van der Waals surface area contributed by atoms with Gasteiger partial charge in [-0.2, -0.15) is 11.8 Å². The van der Waals surface area contributed by atoms with Gasteiger partial charge in [0, 0.05) is 40.5 Å². The quantitative estimate of drug-likeness (QED) is 0.757. The maximum atomic E-state index is 11.5. The summed E-state index contributed by atoms with van der Waals surface area (Å²) in [5, 5.41) is 19.6. The summed E-state index contributed by atoms with van der Waals surface area (Å²) in [4.78, 5) is 22.4. The number of pyridine rings is 1. The van der Waals surface area contributed by atoms with E-state index in [1.165, 1.54) is 17.0 Å². The minimum atomic E-state index is -1.37. The fourth-order valence-corrected chi connectivity index (χ4v) is 3.60. The van der Waals surface area contributed by atoms with E-state index < -0.39 is 22.7 Å². The van der Waals surface area contributed by atoms with Gasteiger partial charge in [0.2, 0.25) is 5.43 Å². The molecule has 0 aliphatic heterocycles. The summed E-state index contributed by atoms with van der Waals surface area (Å²) in [5.74, 6) is -0.710. The summed E-state index contributed by atoms with van der Waals surface area (Å²) < 4.78 is 1.47. The fourth-order valence-electron chi connectivity index (χ4n) is 1.91. The molecule has 5 nitrogen and oxygen atoms in total. The highest BCUT2D eigenvalue weighted by molar-refractivity contribution is 7.98. The Morgan fingerprint density at radius 1 is 1.22 bits per heavy atom. The number of aromatic carboxylic acids is 1. The second-order valence-corrected chi connectivity index (χ2v) is 6.60. The average molecular weight is 374 g/mol. The van der Waals surface area contributed by atoms with Crippen molar-refractivity contribution in [3.63, 3.8) is 0 Å². The molecule has 2 rings (SSSR count). The molecule has 0 amide bonds. The van der Waals surface area contributed by atoms with Gasteiger partial charge in [0.1, 0.15) is 5.56 Å². The number of benzene rings is 1. The zero-order valence-corrected chi connectivity index (χ0v) is 14.2. The molecule has 0 aliphatic rings. The molecule has 122 valence electrons. The molecule has 2 aromatic rings. The topological polar surface area (TPSA) is 79.5 Å². The zero-order chi connectivity index (χ0) is 17.0. The number of carboxylic acids is 1. The number of aryl methyl sites for hydroxylation is 1. The van der Waals surface area contributed by atoms with Crippen molar-refractivity contribution >= 4 is 40.9 Å². The van der Waals surface area contributed by atoms with Crippen molar-refractivity contribution < 1.29 is 15.0 Å². The summed E-state index contributed by atoms with van der Waals surface area (Å²) in [5.41, 5.74) is -0.497. The van der Waals surface area contributed by atoms with Gasteiger partial charge in [-0.25, -0.2) is 4.79 Å². The molecule has 0 radical (unpaired) electrons. The molecule has 0 fully saturated rings. The molecule has 1 heterocycles. The van der Waals surface area contributed by atoms with Gasteiger partial charge in [-0.05, 0) is 17.7 Å². The Morgan fingerprint density at radius 2 is 1.87 bits per heavy atom. The first-order valence-electron chi connectivity index (χ1n) is 6.57. The van der Waals surface area contributed by atoms with Crippen molar-refractivity contribution in [1.29, 1.82) is 0 Å². The van der Waals surface area contributed by atoms with Crippen LogP contribution in [0, 0.1) is 0 Å². The second kappa shape index (κ2) is 7.77. The highest BCUT2D eigenvalue weighted by atomic mass is 35.5. The third-order valence-corrected chi connectivity index (χ3v) is 4.76. The molecule has 2 N–H and O–H groups in total. The number of nitrogens with zero attached hydrogens (tertiary/aromatic N) is 1. The first-order chi connectivity index (χ1) is 10.9. The molecule has 1 aromatic heterocycles. The predicted molar refractivity (Wildman–Crippen MR) is 92.0 cm³/mol. The molecule has 0 spiro atoms. The van der Waals surface area contributed by atoms with Crippen molar-refractivity contribution in [2.45, 2.75) is 12.3 Å². The molecule has 0 atom stereocenters. The molecule has 23 heavy (non-hydrogen) atoms. The van der Waals surface area contributed by atoms with Gasteiger partial charge in [-0.3, -0.25) is 4.79 Å². The SMILES string of the molecule is O=C(O)c1cn(CCSCc2c(Cl)cccc2Cl)cc(O)c1=O. The molecule has 0 bridgehead atoms. The maximum Gasteiger partial charge on any atom is 0.341 e. The van der Waals surface area contributed by atoms with E-state index in [2.05, 4.69) is 0 Å². The van der Waals surface area contributed by atoms with Crippen molar-refractivity contribution in [2.24, 2.45) is 0 Å². The lowest BCUT2D eigenvalue weighted by Gasteiger charge is -2.09. The van der Waals surface area contributed by atoms with E-state index >= 15 is 0 Å². The lowest BCUT2D eigenvalue weighted by atomic mass is 10.2. The van der Waals surface area contributed by atoms with Crippen molar-refractivity contribution in [2.75, 3.05) is 5.75 Å². The highest BCUT2D eigenvalue weighted by Gasteiger charge is 2.13. The summed E-state index contributed by atoms with van der Waals surface area (Å²) in [7, 11) is 0. The van der Waals surface area contributed by atoms with E-state index in [1.807, 2.05) is 0 Å². The van der Waals surface area contributed by atoms with Crippen LogP contribution in [0.25, 0.3) is 0 Å². The zero-order valence-electron chi connectivity index (χ0n) is 11.8. The molecule has 0 saturated carbocycles. The molecular formula is C15H13Cl2NO4S. The van der Waals surface area contributed by atoms with Crippen LogP contribution in [0.2, 0.25) is 10.0 Å². The Bertz CT molecular complexity index is 771. The van der Waals surface area contributed by atoms with Crippen LogP contribution in [0.15, 0.2) is 35.4 Å². The number of rotatable bonds is 6. The van der Waals surface area contributed by atoms with Gasteiger partial charge in [0.25, 0.3) is 0 Å². The Balaban J connectivity index is 2.00. The average Bonchev–Trinajstić information content (AvgIpc) is 2.49. The van der Waals surface area contributed by atoms with E-state index in [9.17, 15) is 14.7 Å². The number of hydrogen-bond acceptors (Lipinski definition) is 4. The Hall–Kier alpha value is -1.63. The number of halogens is 2. The van der Waals surface area contributed by atoms with Gasteiger partial charge in [0.15, 0.2) is 5.75 Å². The van der Waals surface area contributed by atoms with Crippen LogP contribution in [-0.2, 0) is 12.3 Å². The Morgan fingerprint density at radius 3 is 2.48 bits per heavy atom. The molecule has 0 unspecified atom stereocenters. The molecule has 0 saturated heterocycles. The van der Waals surface area contributed by atoms with Crippen LogP contribution in [0.1, 0.15) is 15.9 Å². The van der Waals surface area contributed by atoms with E-state index in [0.29, 0.717) is 28.1 Å². The Kier molecular flexibility index (Phi) is 5.98. The number of aromatic hydroxyl groups is 1. The van der Waals surface area contributed by atoms with Crippen LogP contribution in [0.4, 0.5) is 0 Å². The first-order valence-corrected chi connectivity index (χ1v) is 8.48. The van der Waals surface area contributed by atoms with Crippen LogP contribution < -0.4 is 5.43 Å². The number of carbonyl (C=O) groups is 1. The predicted octanol–water partition coefficient (Wildman–Crippen LogP) is 3.49. The number of carboxylic acid groups (broad SMARTS) is 1. The van der Waals surface area contributed by atoms with Gasteiger partial charge in [-0.15, -0.1) is 0 Å². The second-order valence-electron chi connectivity index (χ2n) is 4.68. The van der Waals surface area contributed by atoms with Crippen molar-refractivity contribution in [1.82, 2.24) is 4.57 Å². The lowest BCUT2D eigenvalue weighted by molar-refractivity contribution is 0.0694. The number of thioether (sulfide) groups is 1. The van der Waals surface area contributed by atoms with E-state index in [1.54, 1.807) is 30.0 Å². The summed E-state index contributed by atoms with van der Waals surface area (Å²) in [6, 6.07) is 5.31. The molecule has 0 aliphatic carbocycles. The van der Waals surface area contributed by atoms with E-state index in [-0.39, 0.29) is 0 Å². The van der Waals surface area contributed by atoms with Crippen molar-refractivity contribution in [3.8, 4) is 5.75 Å². The van der Waals surface area contributed by atoms with Gasteiger partial charge >= 0.3 is 5.97 Å². The maximum absolute atomic E-state index is 11.5. The normalized spacial score (nSPS) is 10.7. The van der Waals surface area contributed by atoms with E-state index in [4.69, 9.17) is 28.3 Å². The van der Waals surface area contributed by atoms with Gasteiger partial charge in [0.05, 0.1) is 0 Å². The molecule has 8 heteroatoms. The lowest BCUT2D eigenvalue weighted by Crippen LogP contribution is -2.17. The van der Waals surface area contributed by atoms with Gasteiger partial charge < -0.3 is 14.8 Å².